The first kappa shape index (κ1) is 24.0. The molecular weight excluding hydrogens is 426 g/mol. The van der Waals surface area contributed by atoms with Gasteiger partial charge in [0.1, 0.15) is 21.7 Å². The first-order chi connectivity index (χ1) is 15.3. The van der Waals surface area contributed by atoms with Crippen molar-refractivity contribution in [2.24, 2.45) is 0 Å². The number of hydrogen-bond acceptors (Lipinski definition) is 7. The van der Waals surface area contributed by atoms with E-state index in [9.17, 15) is 4.79 Å². The van der Waals surface area contributed by atoms with Crippen molar-refractivity contribution in [3.05, 3.63) is 29.6 Å². The fraction of sp³-hybridized carbons (Fsp3) is 0.522. The molecule has 0 saturated carbocycles. The van der Waals surface area contributed by atoms with E-state index in [2.05, 4.69) is 37.7 Å². The summed E-state index contributed by atoms with van der Waals surface area (Å²) >= 11 is 1.43. The Morgan fingerprint density at radius 1 is 1.12 bits per heavy atom. The molecule has 0 unspecified atom stereocenters. The van der Waals surface area contributed by atoms with E-state index in [1.807, 2.05) is 29.8 Å². The van der Waals surface area contributed by atoms with Crippen LogP contribution in [0.1, 0.15) is 49.9 Å². The monoisotopic (exact) mass is 459 g/mol. The van der Waals surface area contributed by atoms with Crippen LogP contribution in [0.5, 0.6) is 11.5 Å². The molecule has 8 nitrogen and oxygen atoms in total. The highest BCUT2D eigenvalue weighted by molar-refractivity contribution is 7.22. The highest BCUT2D eigenvalue weighted by Gasteiger charge is 2.26. The highest BCUT2D eigenvalue weighted by Crippen LogP contribution is 2.40. The molecule has 0 aliphatic carbocycles. The van der Waals surface area contributed by atoms with E-state index in [0.717, 1.165) is 30.0 Å². The smallest absolute Gasteiger partial charge is 0.280 e. The Labute approximate surface area is 193 Å². The summed E-state index contributed by atoms with van der Waals surface area (Å²) < 4.78 is 13.8. The normalized spacial score (nSPS) is 11.5. The van der Waals surface area contributed by atoms with Gasteiger partial charge in [0.05, 0.1) is 14.2 Å². The van der Waals surface area contributed by atoms with Gasteiger partial charge in [-0.1, -0.05) is 25.2 Å². The Balaban J connectivity index is 2.06. The lowest BCUT2D eigenvalue weighted by molar-refractivity contribution is 0.0978. The zero-order chi connectivity index (χ0) is 23.4. The number of nitrogens with zero attached hydrogens (tertiary/aromatic N) is 5. The van der Waals surface area contributed by atoms with Gasteiger partial charge in [-0.05, 0) is 52.1 Å². The third kappa shape index (κ3) is 4.73. The number of ether oxygens (including phenoxy) is 2. The van der Waals surface area contributed by atoms with Crippen molar-refractivity contribution in [1.82, 2.24) is 19.7 Å². The Hall–Kier alpha value is -2.65. The van der Waals surface area contributed by atoms with Gasteiger partial charge >= 0.3 is 0 Å². The number of likely N-dealkylation sites (N-methyl/N-ethyl adjacent to an activating group) is 1. The number of hydrogen-bond donors (Lipinski definition) is 0. The van der Waals surface area contributed by atoms with Gasteiger partial charge in [0, 0.05) is 24.8 Å². The average molecular weight is 460 g/mol. The molecule has 32 heavy (non-hydrogen) atoms. The molecule has 0 N–H and O–H groups in total. The van der Waals surface area contributed by atoms with E-state index in [4.69, 9.17) is 14.5 Å². The second-order valence-electron chi connectivity index (χ2n) is 7.84. The van der Waals surface area contributed by atoms with Crippen molar-refractivity contribution in [2.45, 2.75) is 40.7 Å². The molecule has 174 valence electrons. The van der Waals surface area contributed by atoms with Gasteiger partial charge in [-0.3, -0.25) is 14.4 Å². The summed E-state index contributed by atoms with van der Waals surface area (Å²) in [5.74, 6) is 1.21. The maximum Gasteiger partial charge on any atom is 0.280 e. The van der Waals surface area contributed by atoms with Crippen LogP contribution in [0.25, 0.3) is 10.2 Å². The van der Waals surface area contributed by atoms with Crippen LogP contribution in [0, 0.1) is 6.92 Å². The number of aromatic nitrogens is 3. The van der Waals surface area contributed by atoms with Gasteiger partial charge in [-0.2, -0.15) is 5.10 Å². The predicted molar refractivity (Wildman–Crippen MR) is 130 cm³/mol. The Kier molecular flexibility index (Phi) is 7.73. The number of amides is 1. The van der Waals surface area contributed by atoms with Crippen LogP contribution in [0.4, 0.5) is 5.13 Å². The minimum absolute atomic E-state index is 0.156. The summed E-state index contributed by atoms with van der Waals surface area (Å²) in [6, 6.07) is 5.72. The van der Waals surface area contributed by atoms with Gasteiger partial charge in [0.15, 0.2) is 10.8 Å². The van der Waals surface area contributed by atoms with Gasteiger partial charge in [0.2, 0.25) is 0 Å². The summed E-state index contributed by atoms with van der Waals surface area (Å²) in [5, 5.41) is 5.19. The maximum absolute atomic E-state index is 13.6. The second kappa shape index (κ2) is 10.3. The molecular formula is C23H33N5O3S. The number of rotatable bonds is 10. The maximum atomic E-state index is 13.6. The Bertz CT molecular complexity index is 1030. The van der Waals surface area contributed by atoms with Crippen LogP contribution in [0.2, 0.25) is 0 Å². The quantitative estimate of drug-likeness (QED) is 0.448. The molecule has 0 spiro atoms. The molecule has 2 heterocycles. The minimum Gasteiger partial charge on any atom is -0.495 e. The van der Waals surface area contributed by atoms with Gasteiger partial charge < -0.3 is 14.4 Å². The molecule has 0 radical (unpaired) electrons. The third-order valence-electron chi connectivity index (χ3n) is 5.54. The summed E-state index contributed by atoms with van der Waals surface area (Å²) in [5.41, 5.74) is 2.07. The lowest BCUT2D eigenvalue weighted by Gasteiger charge is -2.24. The molecule has 0 aliphatic rings. The van der Waals surface area contributed by atoms with E-state index in [1.165, 1.54) is 11.3 Å². The average Bonchev–Trinajstić information content (AvgIpc) is 3.40. The lowest BCUT2D eigenvalue weighted by Crippen LogP contribution is -2.39. The molecule has 1 aromatic carbocycles. The largest absolute Gasteiger partial charge is 0.495 e. The molecule has 0 bridgehead atoms. The standard InChI is InChI=1S/C23H33N5O3S/c1-8-26(9-2)12-13-27(22(29)17-14-16(5)28(25-17)15(3)4)23-24-20-18(30-6)10-11-19(31-7)21(20)32-23/h10-11,14-15H,8-9,12-13H2,1-7H3. The van der Waals surface area contributed by atoms with E-state index < -0.39 is 0 Å². The number of thiazole rings is 1. The van der Waals surface area contributed by atoms with E-state index in [-0.39, 0.29) is 11.9 Å². The third-order valence-corrected chi connectivity index (χ3v) is 6.63. The molecule has 0 fully saturated rings. The van der Waals surface area contributed by atoms with Gasteiger partial charge in [-0.25, -0.2) is 4.98 Å². The number of methoxy groups -OCH3 is 2. The van der Waals surface area contributed by atoms with Crippen LogP contribution < -0.4 is 14.4 Å². The second-order valence-corrected chi connectivity index (χ2v) is 8.81. The number of aryl methyl sites for hydroxylation is 1. The van der Waals surface area contributed by atoms with Gasteiger partial charge in [0.25, 0.3) is 5.91 Å². The summed E-state index contributed by atoms with van der Waals surface area (Å²) in [6.45, 7) is 13.4. The summed E-state index contributed by atoms with van der Waals surface area (Å²) in [6.07, 6.45) is 0. The van der Waals surface area contributed by atoms with Crippen LogP contribution in [0.15, 0.2) is 18.2 Å². The topological polar surface area (TPSA) is 72.7 Å². The number of benzene rings is 1. The number of fused-ring (bicyclic) bond motifs is 1. The van der Waals surface area contributed by atoms with Crippen molar-refractivity contribution in [3.63, 3.8) is 0 Å². The van der Waals surface area contributed by atoms with Crippen LogP contribution in [-0.2, 0) is 0 Å². The number of carbonyl (C=O) groups is 1. The molecule has 0 aliphatic heterocycles. The Morgan fingerprint density at radius 3 is 2.34 bits per heavy atom. The molecule has 9 heteroatoms. The SMILES string of the molecule is CCN(CC)CCN(C(=O)c1cc(C)n(C(C)C)n1)c1nc2c(OC)ccc(OC)c2s1. The van der Waals surface area contributed by atoms with Crippen molar-refractivity contribution >= 4 is 32.6 Å². The van der Waals surface area contributed by atoms with Crippen molar-refractivity contribution in [3.8, 4) is 11.5 Å². The lowest BCUT2D eigenvalue weighted by atomic mass is 10.3. The fourth-order valence-corrected chi connectivity index (χ4v) is 4.81. The summed E-state index contributed by atoms with van der Waals surface area (Å²) in [7, 11) is 3.25. The highest BCUT2D eigenvalue weighted by atomic mass is 32.1. The Morgan fingerprint density at radius 2 is 1.78 bits per heavy atom. The number of carbonyl (C=O) groups excluding carboxylic acids is 1. The predicted octanol–water partition coefficient (Wildman–Crippen LogP) is 4.39. The van der Waals surface area contributed by atoms with E-state index in [0.29, 0.717) is 34.4 Å². The zero-order valence-corrected chi connectivity index (χ0v) is 20.8. The fourth-order valence-electron chi connectivity index (χ4n) is 3.71. The molecule has 3 aromatic rings. The van der Waals surface area contributed by atoms with Crippen LogP contribution in [0.3, 0.4) is 0 Å². The van der Waals surface area contributed by atoms with E-state index in [1.54, 1.807) is 19.1 Å². The molecule has 0 atom stereocenters. The van der Waals surface area contributed by atoms with Crippen LogP contribution >= 0.6 is 11.3 Å². The first-order valence-corrected chi connectivity index (χ1v) is 11.8. The van der Waals surface area contributed by atoms with Crippen LogP contribution in [-0.4, -0.2) is 66.0 Å². The first-order valence-electron chi connectivity index (χ1n) is 11.0. The van der Waals surface area contributed by atoms with Crippen molar-refractivity contribution in [1.29, 1.82) is 0 Å². The van der Waals surface area contributed by atoms with Gasteiger partial charge in [-0.15, -0.1) is 0 Å². The zero-order valence-electron chi connectivity index (χ0n) is 20.0. The number of anilines is 1. The molecule has 0 saturated heterocycles. The van der Waals surface area contributed by atoms with E-state index >= 15 is 0 Å². The molecule has 2 aromatic heterocycles. The molecule has 1 amide bonds. The summed E-state index contributed by atoms with van der Waals surface area (Å²) in [4.78, 5) is 22.5. The van der Waals surface area contributed by atoms with Crippen molar-refractivity contribution in [2.75, 3.05) is 45.3 Å². The molecule has 3 rings (SSSR count). The minimum atomic E-state index is -0.156. The van der Waals surface area contributed by atoms with Crippen molar-refractivity contribution < 1.29 is 14.3 Å².